The van der Waals surface area contributed by atoms with Gasteiger partial charge in [0.2, 0.25) is 0 Å². The van der Waals surface area contributed by atoms with Gasteiger partial charge < -0.3 is 4.90 Å². The van der Waals surface area contributed by atoms with Gasteiger partial charge in [-0.25, -0.2) is 8.42 Å². The molecule has 1 saturated heterocycles. The van der Waals surface area contributed by atoms with Crippen LogP contribution in [0, 0.1) is 0 Å². The summed E-state index contributed by atoms with van der Waals surface area (Å²) in [6.45, 7) is 3.18. The molecule has 3 heterocycles. The van der Waals surface area contributed by atoms with Gasteiger partial charge in [-0.05, 0) is 23.6 Å². The first-order valence-corrected chi connectivity index (χ1v) is 11.1. The Bertz CT molecular complexity index is 929. The Morgan fingerprint density at radius 3 is 2.15 bits per heavy atom. The van der Waals surface area contributed by atoms with E-state index in [0.717, 1.165) is 0 Å². The summed E-state index contributed by atoms with van der Waals surface area (Å²) in [4.78, 5) is 27.3. The number of imide groups is 1. The normalized spacial score (nSPS) is 18.9. The summed E-state index contributed by atoms with van der Waals surface area (Å²) in [7, 11) is -3.41. The number of sulfonamides is 1. The Morgan fingerprint density at radius 1 is 0.963 bits per heavy atom. The van der Waals surface area contributed by atoms with Crippen molar-refractivity contribution in [1.82, 2.24) is 9.21 Å². The number of nitrogens with one attached hydrogen (secondary N) is 1. The molecule has 2 aliphatic rings. The predicted octanol–water partition coefficient (Wildman–Crippen LogP) is -0.0665. The lowest BCUT2D eigenvalue weighted by atomic mass is 10.1. The zero-order valence-corrected chi connectivity index (χ0v) is 16.3. The lowest BCUT2D eigenvalue weighted by Gasteiger charge is -2.31. The van der Waals surface area contributed by atoms with Crippen LogP contribution in [0.2, 0.25) is 0 Å². The molecule has 0 atom stereocenters. The van der Waals surface area contributed by atoms with Crippen molar-refractivity contribution < 1.29 is 22.9 Å². The third kappa shape index (κ3) is 3.31. The van der Waals surface area contributed by atoms with Gasteiger partial charge in [0.15, 0.2) is 0 Å². The molecule has 0 radical (unpaired) electrons. The minimum absolute atomic E-state index is 0.242. The molecule has 1 aromatic carbocycles. The summed E-state index contributed by atoms with van der Waals surface area (Å²) in [5.74, 6) is -0.484. The highest BCUT2D eigenvalue weighted by Crippen LogP contribution is 2.22. The largest absolute Gasteiger partial charge is 0.331 e. The van der Waals surface area contributed by atoms with Crippen LogP contribution < -0.4 is 4.90 Å². The monoisotopic (exact) mass is 406 g/mol. The van der Waals surface area contributed by atoms with Crippen LogP contribution in [0.1, 0.15) is 20.7 Å². The number of nitrogens with zero attached hydrogens (tertiary/aromatic N) is 2. The van der Waals surface area contributed by atoms with E-state index in [0.29, 0.717) is 54.6 Å². The van der Waals surface area contributed by atoms with E-state index < -0.39 is 10.0 Å². The van der Waals surface area contributed by atoms with Crippen LogP contribution in [0.15, 0.2) is 46.0 Å². The maximum atomic E-state index is 12.6. The molecule has 2 aliphatic heterocycles. The second-order valence-electron chi connectivity index (χ2n) is 6.64. The number of thiophene rings is 1. The summed E-state index contributed by atoms with van der Waals surface area (Å²) < 4.78 is 27.0. The number of piperazine rings is 1. The number of amides is 2. The molecule has 0 aliphatic carbocycles. The van der Waals surface area contributed by atoms with E-state index in [2.05, 4.69) is 0 Å². The Morgan fingerprint density at radius 2 is 1.59 bits per heavy atom. The summed E-state index contributed by atoms with van der Waals surface area (Å²) in [5.41, 5.74) is 0.925. The summed E-state index contributed by atoms with van der Waals surface area (Å²) in [6.07, 6.45) is 0. The molecule has 1 aromatic heterocycles. The van der Waals surface area contributed by atoms with E-state index in [9.17, 15) is 18.0 Å². The van der Waals surface area contributed by atoms with Crippen molar-refractivity contribution in [2.75, 3.05) is 39.3 Å². The van der Waals surface area contributed by atoms with E-state index in [1.807, 2.05) is 0 Å². The van der Waals surface area contributed by atoms with Gasteiger partial charge in [0.05, 0.1) is 50.4 Å². The molecular weight excluding hydrogens is 386 g/mol. The first-order valence-electron chi connectivity index (χ1n) is 8.81. The molecule has 4 rings (SSSR count). The van der Waals surface area contributed by atoms with Crippen molar-refractivity contribution in [3.8, 4) is 0 Å². The topological polar surface area (TPSA) is 79.2 Å². The Kier molecular flexibility index (Phi) is 4.85. The highest BCUT2D eigenvalue weighted by molar-refractivity contribution is 7.91. The highest BCUT2D eigenvalue weighted by atomic mass is 32.2. The lowest BCUT2D eigenvalue weighted by molar-refractivity contribution is -0.902. The van der Waals surface area contributed by atoms with Crippen molar-refractivity contribution in [1.29, 1.82) is 0 Å². The van der Waals surface area contributed by atoms with Crippen molar-refractivity contribution in [2.45, 2.75) is 4.21 Å². The molecular formula is C18H20N3O4S2+. The molecule has 9 heteroatoms. The van der Waals surface area contributed by atoms with Crippen LogP contribution in [-0.2, 0) is 10.0 Å². The van der Waals surface area contributed by atoms with Gasteiger partial charge in [0.1, 0.15) is 4.21 Å². The van der Waals surface area contributed by atoms with Crippen LogP contribution in [-0.4, -0.2) is 68.7 Å². The van der Waals surface area contributed by atoms with Crippen molar-refractivity contribution >= 4 is 33.2 Å². The summed E-state index contributed by atoms with van der Waals surface area (Å²) in [6, 6.07) is 10.2. The molecule has 2 amide bonds. The van der Waals surface area contributed by atoms with E-state index in [4.69, 9.17) is 0 Å². The second-order valence-corrected chi connectivity index (χ2v) is 9.76. The zero-order valence-electron chi connectivity index (χ0n) is 14.6. The summed E-state index contributed by atoms with van der Waals surface area (Å²) in [5, 5.41) is 1.76. The second kappa shape index (κ2) is 7.16. The molecule has 0 unspecified atom stereocenters. The number of hydrogen-bond acceptors (Lipinski definition) is 5. The Labute approximate surface area is 161 Å². The number of carbonyl (C=O) groups excluding carboxylic acids is 2. The molecule has 142 valence electrons. The number of benzene rings is 1. The number of hydrogen-bond donors (Lipinski definition) is 1. The summed E-state index contributed by atoms with van der Waals surface area (Å²) >= 11 is 1.23. The lowest BCUT2D eigenvalue weighted by Crippen LogP contribution is -3.15. The van der Waals surface area contributed by atoms with Crippen LogP contribution in [0.5, 0.6) is 0 Å². The standard InChI is InChI=1S/C18H19N3O4S2/c22-17-14-4-1-2-5-15(14)18(23)21(17)12-9-19-7-10-20(11-8-19)27(24,25)16-6-3-13-26-16/h1-6,13H,7-12H2/p+1. The van der Waals surface area contributed by atoms with Crippen LogP contribution in [0.3, 0.4) is 0 Å². The molecule has 1 N–H and O–H groups in total. The number of quaternary nitrogens is 1. The SMILES string of the molecule is O=C1c2ccccc2C(=O)N1CC[NH+]1CCN(S(=O)(=O)c2cccs2)CC1. The molecule has 1 fully saturated rings. The molecule has 0 bridgehead atoms. The van der Waals surface area contributed by atoms with Crippen molar-refractivity contribution in [3.63, 3.8) is 0 Å². The van der Waals surface area contributed by atoms with E-state index in [1.165, 1.54) is 25.4 Å². The molecule has 7 nitrogen and oxygen atoms in total. The smallest absolute Gasteiger partial charge is 0.261 e. The average molecular weight is 407 g/mol. The minimum atomic E-state index is -3.41. The van der Waals surface area contributed by atoms with Gasteiger partial charge in [-0.1, -0.05) is 18.2 Å². The molecule has 0 spiro atoms. The maximum Gasteiger partial charge on any atom is 0.261 e. The Hall–Kier alpha value is -2.07. The van der Waals surface area contributed by atoms with Gasteiger partial charge in [-0.2, -0.15) is 4.31 Å². The van der Waals surface area contributed by atoms with Gasteiger partial charge in [0, 0.05) is 0 Å². The van der Waals surface area contributed by atoms with E-state index >= 15 is 0 Å². The molecule has 0 saturated carbocycles. The third-order valence-electron chi connectivity index (χ3n) is 5.09. The van der Waals surface area contributed by atoms with Gasteiger partial charge in [-0.3, -0.25) is 14.5 Å². The quantitative estimate of drug-likeness (QED) is 0.706. The fourth-order valence-electron chi connectivity index (χ4n) is 3.54. The van der Waals surface area contributed by atoms with Gasteiger partial charge >= 0.3 is 0 Å². The van der Waals surface area contributed by atoms with E-state index in [1.54, 1.807) is 41.8 Å². The average Bonchev–Trinajstić information content (AvgIpc) is 3.30. The Balaban J connectivity index is 1.33. The van der Waals surface area contributed by atoms with Gasteiger partial charge in [-0.15, -0.1) is 11.3 Å². The molecule has 2 aromatic rings. The van der Waals surface area contributed by atoms with Gasteiger partial charge in [0.25, 0.3) is 21.8 Å². The van der Waals surface area contributed by atoms with Crippen molar-refractivity contribution in [3.05, 3.63) is 52.9 Å². The third-order valence-corrected chi connectivity index (χ3v) is 8.36. The van der Waals surface area contributed by atoms with E-state index in [-0.39, 0.29) is 11.8 Å². The minimum Gasteiger partial charge on any atom is -0.331 e. The first kappa shape index (κ1) is 18.3. The first-order chi connectivity index (χ1) is 13.0. The maximum absolute atomic E-state index is 12.6. The fourth-order valence-corrected chi connectivity index (χ4v) is 6.13. The number of fused-ring (bicyclic) bond motifs is 1. The van der Waals surface area contributed by atoms with Crippen molar-refractivity contribution in [2.24, 2.45) is 0 Å². The predicted molar refractivity (Wildman–Crippen MR) is 100 cm³/mol. The van der Waals surface area contributed by atoms with Crippen LogP contribution in [0.4, 0.5) is 0 Å². The fraction of sp³-hybridized carbons (Fsp3) is 0.333. The number of carbonyl (C=O) groups is 2. The van der Waals surface area contributed by atoms with Crippen LogP contribution >= 0.6 is 11.3 Å². The molecule has 27 heavy (non-hydrogen) atoms. The van der Waals surface area contributed by atoms with Crippen LogP contribution in [0.25, 0.3) is 0 Å². The highest BCUT2D eigenvalue weighted by Gasteiger charge is 2.36. The number of rotatable bonds is 5. The zero-order chi connectivity index (χ0) is 19.0.